The third-order valence-electron chi connectivity index (χ3n) is 3.76. The third kappa shape index (κ3) is 2.16. The van der Waals surface area contributed by atoms with Crippen LogP contribution in [0, 0.1) is 6.92 Å². The normalized spacial score (nSPS) is 24.3. The average molecular weight is 264 g/mol. The summed E-state index contributed by atoms with van der Waals surface area (Å²) in [5.41, 5.74) is 7.10. The van der Waals surface area contributed by atoms with Crippen LogP contribution in [0.5, 0.6) is 0 Å². The lowest BCUT2D eigenvalue weighted by molar-refractivity contribution is 0.682. The smallest absolute Gasteiger partial charge is 0.137 e. The van der Waals surface area contributed by atoms with E-state index in [9.17, 15) is 0 Å². The van der Waals surface area contributed by atoms with E-state index in [2.05, 4.69) is 16.8 Å². The number of nitrogen functional groups attached to an aromatic ring is 1. The highest BCUT2D eigenvalue weighted by molar-refractivity contribution is 7.99. The van der Waals surface area contributed by atoms with E-state index in [-0.39, 0.29) is 0 Å². The summed E-state index contributed by atoms with van der Waals surface area (Å²) in [6.45, 7) is 5.36. The Balaban J connectivity index is 1.98. The summed E-state index contributed by atoms with van der Waals surface area (Å²) >= 11 is 2.02. The lowest BCUT2D eigenvalue weighted by Crippen LogP contribution is -2.41. The standard InChI is InChI=1S/C13H20N4S/c1-8-7-18-6-5-17(8)13-9(2)11(14)15-12(16-13)10-3-4-10/h8,10H,3-7H2,1-2H3,(H2,14,15,16). The van der Waals surface area contributed by atoms with E-state index in [1.54, 1.807) is 0 Å². The highest BCUT2D eigenvalue weighted by atomic mass is 32.2. The second-order valence-corrected chi connectivity index (χ2v) is 6.46. The number of rotatable bonds is 2. The minimum absolute atomic E-state index is 0.531. The number of nitrogens with zero attached hydrogens (tertiary/aromatic N) is 3. The SMILES string of the molecule is Cc1c(N)nc(C2CC2)nc1N1CCSCC1C. The number of thioether (sulfide) groups is 1. The highest BCUT2D eigenvalue weighted by Gasteiger charge is 2.30. The maximum absolute atomic E-state index is 6.06. The molecule has 1 atom stereocenters. The number of hydrogen-bond acceptors (Lipinski definition) is 5. The molecule has 2 heterocycles. The van der Waals surface area contributed by atoms with Crippen LogP contribution in [-0.2, 0) is 0 Å². The Bertz CT molecular complexity index is 459. The molecule has 0 spiro atoms. The summed E-state index contributed by atoms with van der Waals surface area (Å²) in [5, 5.41) is 0. The molecule has 1 aromatic heterocycles. The van der Waals surface area contributed by atoms with Gasteiger partial charge in [-0.3, -0.25) is 0 Å². The molecule has 5 heteroatoms. The number of aromatic nitrogens is 2. The Morgan fingerprint density at radius 2 is 2.11 bits per heavy atom. The van der Waals surface area contributed by atoms with Gasteiger partial charge in [-0.2, -0.15) is 11.8 Å². The van der Waals surface area contributed by atoms with Gasteiger partial charge in [0.25, 0.3) is 0 Å². The highest BCUT2D eigenvalue weighted by Crippen LogP contribution is 2.40. The molecule has 1 aliphatic carbocycles. The third-order valence-corrected chi connectivity index (χ3v) is 4.95. The number of hydrogen-bond donors (Lipinski definition) is 1. The molecular weight excluding hydrogens is 244 g/mol. The Morgan fingerprint density at radius 1 is 1.33 bits per heavy atom. The maximum atomic E-state index is 6.06. The van der Waals surface area contributed by atoms with Gasteiger partial charge in [-0.05, 0) is 26.7 Å². The molecule has 1 unspecified atom stereocenters. The monoisotopic (exact) mass is 264 g/mol. The van der Waals surface area contributed by atoms with Gasteiger partial charge < -0.3 is 10.6 Å². The largest absolute Gasteiger partial charge is 0.383 e. The predicted molar refractivity (Wildman–Crippen MR) is 77.3 cm³/mol. The van der Waals surface area contributed by atoms with Crippen molar-refractivity contribution in [3.05, 3.63) is 11.4 Å². The minimum Gasteiger partial charge on any atom is -0.383 e. The molecule has 3 rings (SSSR count). The summed E-state index contributed by atoms with van der Waals surface area (Å²) in [6.07, 6.45) is 2.43. The lowest BCUT2D eigenvalue weighted by Gasteiger charge is -2.35. The molecule has 2 N–H and O–H groups in total. The van der Waals surface area contributed by atoms with Gasteiger partial charge in [0, 0.05) is 35.6 Å². The Hall–Kier alpha value is -0.970. The summed E-state index contributed by atoms with van der Waals surface area (Å²) in [7, 11) is 0. The van der Waals surface area contributed by atoms with Crippen LogP contribution in [0.4, 0.5) is 11.6 Å². The number of nitrogens with two attached hydrogens (primary N) is 1. The van der Waals surface area contributed by atoms with Gasteiger partial charge in [0.2, 0.25) is 0 Å². The van der Waals surface area contributed by atoms with Crippen molar-refractivity contribution < 1.29 is 0 Å². The Labute approximate surface area is 112 Å². The van der Waals surface area contributed by atoms with E-state index in [4.69, 9.17) is 10.7 Å². The summed E-state index contributed by atoms with van der Waals surface area (Å²) in [5.74, 6) is 5.58. The molecule has 1 saturated heterocycles. The van der Waals surface area contributed by atoms with Crippen LogP contribution in [0.25, 0.3) is 0 Å². The summed E-state index contributed by atoms with van der Waals surface area (Å²) in [6, 6.07) is 0.531. The molecule has 0 aromatic carbocycles. The fourth-order valence-corrected chi connectivity index (χ4v) is 3.40. The molecule has 18 heavy (non-hydrogen) atoms. The van der Waals surface area contributed by atoms with E-state index in [0.717, 1.165) is 23.8 Å². The fraction of sp³-hybridized carbons (Fsp3) is 0.692. The fourth-order valence-electron chi connectivity index (χ4n) is 2.38. The van der Waals surface area contributed by atoms with Crippen molar-refractivity contribution in [2.75, 3.05) is 28.7 Å². The molecule has 1 aliphatic heterocycles. The lowest BCUT2D eigenvalue weighted by atomic mass is 10.2. The van der Waals surface area contributed by atoms with E-state index in [1.165, 1.54) is 24.3 Å². The van der Waals surface area contributed by atoms with Gasteiger partial charge in [-0.15, -0.1) is 0 Å². The molecular formula is C13H20N4S. The second-order valence-electron chi connectivity index (χ2n) is 5.31. The first kappa shape index (κ1) is 12.1. The zero-order chi connectivity index (χ0) is 12.7. The minimum atomic E-state index is 0.531. The molecule has 1 aromatic rings. The molecule has 4 nitrogen and oxygen atoms in total. The topological polar surface area (TPSA) is 55.0 Å². The van der Waals surface area contributed by atoms with Crippen LogP contribution in [0.15, 0.2) is 0 Å². The second kappa shape index (κ2) is 4.61. The first-order valence-corrected chi connectivity index (χ1v) is 7.80. The zero-order valence-corrected chi connectivity index (χ0v) is 11.8. The van der Waals surface area contributed by atoms with Crippen LogP contribution >= 0.6 is 11.8 Å². The molecule has 1 saturated carbocycles. The van der Waals surface area contributed by atoms with E-state index >= 15 is 0 Å². The quantitative estimate of drug-likeness (QED) is 0.887. The van der Waals surface area contributed by atoms with Crippen LogP contribution in [-0.4, -0.2) is 34.1 Å². The zero-order valence-electron chi connectivity index (χ0n) is 11.0. The number of anilines is 2. The van der Waals surface area contributed by atoms with E-state index in [1.807, 2.05) is 18.7 Å². The molecule has 0 amide bonds. The van der Waals surface area contributed by atoms with Crippen molar-refractivity contribution in [1.82, 2.24) is 9.97 Å². The van der Waals surface area contributed by atoms with Crippen molar-refractivity contribution in [2.24, 2.45) is 0 Å². The van der Waals surface area contributed by atoms with Crippen LogP contribution in [0.3, 0.4) is 0 Å². The van der Waals surface area contributed by atoms with Crippen LogP contribution in [0.1, 0.15) is 37.1 Å². The van der Waals surface area contributed by atoms with Gasteiger partial charge in [0.05, 0.1) is 0 Å². The average Bonchev–Trinajstić information content (AvgIpc) is 3.18. The van der Waals surface area contributed by atoms with Crippen molar-refractivity contribution in [3.8, 4) is 0 Å². The molecule has 0 bridgehead atoms. The van der Waals surface area contributed by atoms with Crippen molar-refractivity contribution >= 4 is 23.4 Å². The molecule has 2 fully saturated rings. The van der Waals surface area contributed by atoms with E-state index < -0.39 is 0 Å². The molecule has 98 valence electrons. The molecule has 0 radical (unpaired) electrons. The van der Waals surface area contributed by atoms with Crippen LogP contribution < -0.4 is 10.6 Å². The van der Waals surface area contributed by atoms with Crippen molar-refractivity contribution in [2.45, 2.75) is 38.6 Å². The van der Waals surface area contributed by atoms with Gasteiger partial charge in [0.15, 0.2) is 0 Å². The Kier molecular flexibility index (Phi) is 3.09. The first-order valence-electron chi connectivity index (χ1n) is 6.65. The summed E-state index contributed by atoms with van der Waals surface area (Å²) in [4.78, 5) is 11.6. The summed E-state index contributed by atoms with van der Waals surface area (Å²) < 4.78 is 0. The van der Waals surface area contributed by atoms with Crippen LogP contribution in [0.2, 0.25) is 0 Å². The predicted octanol–water partition coefficient (Wildman–Crippen LogP) is 2.19. The van der Waals surface area contributed by atoms with Gasteiger partial charge in [0.1, 0.15) is 17.5 Å². The van der Waals surface area contributed by atoms with Crippen molar-refractivity contribution in [1.29, 1.82) is 0 Å². The van der Waals surface area contributed by atoms with Gasteiger partial charge in [-0.25, -0.2) is 9.97 Å². The molecule has 2 aliphatic rings. The van der Waals surface area contributed by atoms with Gasteiger partial charge in [-0.1, -0.05) is 0 Å². The van der Waals surface area contributed by atoms with Gasteiger partial charge >= 0.3 is 0 Å². The van der Waals surface area contributed by atoms with Crippen molar-refractivity contribution in [3.63, 3.8) is 0 Å². The maximum Gasteiger partial charge on any atom is 0.137 e. The first-order chi connectivity index (χ1) is 8.66. The van der Waals surface area contributed by atoms with E-state index in [0.29, 0.717) is 17.8 Å². The Morgan fingerprint density at radius 3 is 2.78 bits per heavy atom.